The molecular formula is C13H19. The fourth-order valence-electron chi connectivity index (χ4n) is 1.35. The zero-order valence-electron chi connectivity index (χ0n) is 8.28. The Morgan fingerprint density at radius 3 is 1.92 bits per heavy atom. The third-order valence-corrected chi connectivity index (χ3v) is 2.13. The molecule has 13 heavy (non-hydrogen) atoms. The van der Waals surface area contributed by atoms with Crippen molar-refractivity contribution in [3.8, 4) is 0 Å². The molecule has 0 fully saturated rings. The SMILES string of the molecule is [CH]1CC=CCC=CCC=CCCC1. The average Bonchev–Trinajstić information content (AvgIpc) is 2.18. The Bertz CT molecular complexity index is 164. The molecule has 1 radical (unpaired) electrons. The summed E-state index contributed by atoms with van der Waals surface area (Å²) in [5.74, 6) is 0. The van der Waals surface area contributed by atoms with Gasteiger partial charge in [-0.1, -0.05) is 36.5 Å². The van der Waals surface area contributed by atoms with E-state index in [0.29, 0.717) is 0 Å². The van der Waals surface area contributed by atoms with Crippen LogP contribution in [0.15, 0.2) is 36.5 Å². The monoisotopic (exact) mass is 175 g/mol. The number of hydrogen-bond acceptors (Lipinski definition) is 0. The second-order valence-electron chi connectivity index (χ2n) is 3.34. The first-order valence-electron chi connectivity index (χ1n) is 5.27. The third-order valence-electron chi connectivity index (χ3n) is 2.13. The molecule has 0 unspecified atom stereocenters. The van der Waals surface area contributed by atoms with E-state index in [1.54, 1.807) is 0 Å². The third kappa shape index (κ3) is 6.39. The smallest absolute Gasteiger partial charge is 0.0169 e. The van der Waals surface area contributed by atoms with Crippen LogP contribution in [0.5, 0.6) is 0 Å². The molecule has 0 heteroatoms. The molecule has 71 valence electrons. The summed E-state index contributed by atoms with van der Waals surface area (Å²) in [6, 6.07) is 0. The van der Waals surface area contributed by atoms with E-state index in [2.05, 4.69) is 42.9 Å². The molecule has 0 aliphatic heterocycles. The summed E-state index contributed by atoms with van der Waals surface area (Å²) in [5.41, 5.74) is 0. The van der Waals surface area contributed by atoms with Crippen LogP contribution in [-0.2, 0) is 0 Å². The van der Waals surface area contributed by atoms with Crippen LogP contribution in [-0.4, -0.2) is 0 Å². The number of rotatable bonds is 0. The van der Waals surface area contributed by atoms with Gasteiger partial charge in [0.25, 0.3) is 0 Å². The lowest BCUT2D eigenvalue weighted by Crippen LogP contribution is -1.75. The van der Waals surface area contributed by atoms with E-state index in [0.717, 1.165) is 19.3 Å². The molecular weight excluding hydrogens is 156 g/mol. The Morgan fingerprint density at radius 2 is 1.15 bits per heavy atom. The molecule has 0 N–H and O–H groups in total. The molecule has 0 heterocycles. The van der Waals surface area contributed by atoms with Gasteiger partial charge in [0.2, 0.25) is 0 Å². The average molecular weight is 175 g/mol. The van der Waals surface area contributed by atoms with Crippen molar-refractivity contribution < 1.29 is 0 Å². The van der Waals surface area contributed by atoms with Crippen molar-refractivity contribution in [1.82, 2.24) is 0 Å². The maximum Gasteiger partial charge on any atom is -0.0169 e. The molecule has 0 aromatic heterocycles. The van der Waals surface area contributed by atoms with Crippen molar-refractivity contribution in [2.45, 2.75) is 38.5 Å². The van der Waals surface area contributed by atoms with Gasteiger partial charge < -0.3 is 0 Å². The lowest BCUT2D eigenvalue weighted by atomic mass is 10.1. The van der Waals surface area contributed by atoms with Crippen molar-refractivity contribution in [2.75, 3.05) is 0 Å². The van der Waals surface area contributed by atoms with Crippen LogP contribution in [0.3, 0.4) is 0 Å². The molecule has 0 saturated heterocycles. The van der Waals surface area contributed by atoms with Crippen LogP contribution in [0.2, 0.25) is 0 Å². The summed E-state index contributed by atoms with van der Waals surface area (Å²) < 4.78 is 0. The standard InChI is InChI=1S/C13H19/c1-2-4-6-8-10-12-13-11-9-7-5-3-1/h1-2,5-8,11H,3-4,9-10,12-13H2. The van der Waals surface area contributed by atoms with Crippen LogP contribution in [0.25, 0.3) is 0 Å². The predicted molar refractivity (Wildman–Crippen MR) is 59.4 cm³/mol. The summed E-state index contributed by atoms with van der Waals surface area (Å²) >= 11 is 0. The van der Waals surface area contributed by atoms with Crippen LogP contribution < -0.4 is 0 Å². The van der Waals surface area contributed by atoms with Crippen molar-refractivity contribution in [1.29, 1.82) is 0 Å². The minimum absolute atomic E-state index is 1.08. The Balaban J connectivity index is 2.28. The Kier molecular flexibility index (Phi) is 6.22. The molecule has 0 amide bonds. The highest BCUT2D eigenvalue weighted by Gasteiger charge is 1.86. The van der Waals surface area contributed by atoms with Gasteiger partial charge in [0.05, 0.1) is 0 Å². The largest absolute Gasteiger partial charge is 0.0882 e. The van der Waals surface area contributed by atoms with Crippen LogP contribution in [0.4, 0.5) is 0 Å². The second-order valence-corrected chi connectivity index (χ2v) is 3.34. The first-order valence-corrected chi connectivity index (χ1v) is 5.27. The van der Waals surface area contributed by atoms with E-state index in [1.807, 2.05) is 0 Å². The second kappa shape index (κ2) is 7.85. The highest BCUT2D eigenvalue weighted by atomic mass is 13.9. The molecule has 0 aromatic carbocycles. The van der Waals surface area contributed by atoms with Crippen molar-refractivity contribution >= 4 is 0 Å². The molecule has 0 saturated carbocycles. The van der Waals surface area contributed by atoms with E-state index in [-0.39, 0.29) is 0 Å². The zero-order valence-corrected chi connectivity index (χ0v) is 8.28. The summed E-state index contributed by atoms with van der Waals surface area (Å²) in [5, 5.41) is 0. The van der Waals surface area contributed by atoms with Crippen LogP contribution >= 0.6 is 0 Å². The summed E-state index contributed by atoms with van der Waals surface area (Å²) in [6.07, 6.45) is 23.0. The molecule has 0 atom stereocenters. The molecule has 1 aliphatic rings. The summed E-state index contributed by atoms with van der Waals surface area (Å²) in [4.78, 5) is 0. The van der Waals surface area contributed by atoms with Gasteiger partial charge in [-0.15, -0.1) is 0 Å². The predicted octanol–water partition coefficient (Wildman–Crippen LogP) is 4.21. The maximum absolute atomic E-state index is 2.37. The fraction of sp³-hybridized carbons (Fsp3) is 0.462. The van der Waals surface area contributed by atoms with Gasteiger partial charge in [-0.2, -0.15) is 0 Å². The van der Waals surface area contributed by atoms with Gasteiger partial charge >= 0.3 is 0 Å². The fourth-order valence-corrected chi connectivity index (χ4v) is 1.35. The first kappa shape index (κ1) is 10.3. The summed E-state index contributed by atoms with van der Waals surface area (Å²) in [7, 11) is 0. The van der Waals surface area contributed by atoms with Crippen LogP contribution in [0.1, 0.15) is 38.5 Å². The van der Waals surface area contributed by atoms with E-state index < -0.39 is 0 Å². The van der Waals surface area contributed by atoms with Crippen molar-refractivity contribution in [3.63, 3.8) is 0 Å². The maximum atomic E-state index is 2.37. The van der Waals surface area contributed by atoms with Gasteiger partial charge in [0.1, 0.15) is 0 Å². The Morgan fingerprint density at radius 1 is 0.538 bits per heavy atom. The van der Waals surface area contributed by atoms with E-state index in [4.69, 9.17) is 0 Å². The molecule has 0 nitrogen and oxygen atoms in total. The molecule has 0 aromatic rings. The number of allylic oxidation sites excluding steroid dienone is 6. The Hall–Kier alpha value is -0.780. The van der Waals surface area contributed by atoms with Gasteiger partial charge in [-0.25, -0.2) is 0 Å². The molecule has 1 aliphatic carbocycles. The van der Waals surface area contributed by atoms with Gasteiger partial charge in [-0.05, 0) is 44.9 Å². The summed E-state index contributed by atoms with van der Waals surface area (Å²) in [6.45, 7) is 0. The van der Waals surface area contributed by atoms with Crippen molar-refractivity contribution in [3.05, 3.63) is 42.9 Å². The first-order chi connectivity index (χ1) is 6.50. The lowest BCUT2D eigenvalue weighted by molar-refractivity contribution is 0.810. The van der Waals surface area contributed by atoms with Gasteiger partial charge in [0.15, 0.2) is 0 Å². The zero-order chi connectivity index (χ0) is 9.19. The van der Waals surface area contributed by atoms with Gasteiger partial charge in [0, 0.05) is 0 Å². The highest BCUT2D eigenvalue weighted by molar-refractivity contribution is 4.98. The number of hydrogen-bond donors (Lipinski definition) is 0. The van der Waals surface area contributed by atoms with E-state index in [1.165, 1.54) is 19.3 Å². The minimum Gasteiger partial charge on any atom is -0.0882 e. The molecule has 1 rings (SSSR count). The normalized spacial score (nSPS) is 20.3. The minimum atomic E-state index is 1.08. The topological polar surface area (TPSA) is 0 Å². The van der Waals surface area contributed by atoms with E-state index in [9.17, 15) is 0 Å². The molecule has 0 spiro atoms. The lowest BCUT2D eigenvalue weighted by Gasteiger charge is -1.93. The van der Waals surface area contributed by atoms with Gasteiger partial charge in [-0.3, -0.25) is 0 Å². The quantitative estimate of drug-likeness (QED) is 0.484. The molecule has 0 bridgehead atoms. The van der Waals surface area contributed by atoms with E-state index >= 15 is 0 Å². The van der Waals surface area contributed by atoms with Crippen molar-refractivity contribution in [2.24, 2.45) is 0 Å². The Labute approximate surface area is 82.0 Å². The highest BCUT2D eigenvalue weighted by Crippen LogP contribution is 2.05. The van der Waals surface area contributed by atoms with Crippen LogP contribution in [0, 0.1) is 6.42 Å².